The van der Waals surface area contributed by atoms with Crippen molar-refractivity contribution >= 4 is 17.9 Å². The van der Waals surface area contributed by atoms with E-state index in [0.717, 1.165) is 38.5 Å². The SMILES string of the molecule is CCCCCCCCCCCCCCCCCCCCCCCCCC(=O)OC(COC(=O)CCCCCCCCCCC)COC(OCC[N+](C)(C)C)C(=O)[O-]. The van der Waals surface area contributed by atoms with Crippen LogP contribution in [0.3, 0.4) is 0 Å². The Morgan fingerprint density at radius 3 is 1.12 bits per heavy atom. The van der Waals surface area contributed by atoms with Crippen molar-refractivity contribution in [2.24, 2.45) is 0 Å². The number of ether oxygens (including phenoxy) is 4. The van der Waals surface area contributed by atoms with Crippen LogP contribution in [-0.4, -0.2) is 82.3 Å². The topological polar surface area (TPSA) is 111 Å². The van der Waals surface area contributed by atoms with E-state index in [4.69, 9.17) is 18.9 Å². The largest absolute Gasteiger partial charge is 0.545 e. The van der Waals surface area contributed by atoms with Crippen molar-refractivity contribution < 1.29 is 42.9 Å². The van der Waals surface area contributed by atoms with Gasteiger partial charge in [0, 0.05) is 12.8 Å². The summed E-state index contributed by atoms with van der Waals surface area (Å²) < 4.78 is 22.5. The second-order valence-corrected chi connectivity index (χ2v) is 17.8. The van der Waals surface area contributed by atoms with E-state index in [0.29, 0.717) is 17.4 Å². The standard InChI is InChI=1S/C48H93NO8/c1-6-8-10-12-14-16-17-18-19-20-21-22-23-24-25-26-27-28-29-31-33-35-37-39-46(51)57-44(43-56-48(47(52)53)54-41-40-49(3,4)5)42-55-45(50)38-36-34-32-30-15-13-11-9-7-2/h44,48H,6-43H2,1-5H3. The number of quaternary nitrogens is 1. The maximum atomic E-state index is 12.8. The first kappa shape index (κ1) is 55.3. The van der Waals surface area contributed by atoms with Gasteiger partial charge < -0.3 is 33.3 Å². The van der Waals surface area contributed by atoms with Crippen LogP contribution in [0.1, 0.15) is 232 Å². The van der Waals surface area contributed by atoms with Crippen molar-refractivity contribution in [2.75, 3.05) is 47.5 Å². The molecule has 0 aliphatic rings. The molecule has 0 aromatic rings. The molecule has 0 heterocycles. The summed E-state index contributed by atoms with van der Waals surface area (Å²) in [5, 5.41) is 11.7. The van der Waals surface area contributed by atoms with Crippen molar-refractivity contribution in [1.29, 1.82) is 0 Å². The molecule has 0 aromatic heterocycles. The zero-order chi connectivity index (χ0) is 42.1. The van der Waals surface area contributed by atoms with E-state index in [1.54, 1.807) is 0 Å². The van der Waals surface area contributed by atoms with Gasteiger partial charge in [-0.05, 0) is 12.8 Å². The zero-order valence-corrected chi connectivity index (χ0v) is 38.2. The van der Waals surface area contributed by atoms with Gasteiger partial charge in [-0.25, -0.2) is 0 Å². The van der Waals surface area contributed by atoms with Crippen molar-refractivity contribution in [3.05, 3.63) is 0 Å². The van der Waals surface area contributed by atoms with E-state index in [-0.39, 0.29) is 32.2 Å². The molecule has 0 bridgehead atoms. The minimum absolute atomic E-state index is 0.153. The highest BCUT2D eigenvalue weighted by molar-refractivity contribution is 5.70. The number of aliphatic carboxylic acids is 1. The van der Waals surface area contributed by atoms with Crippen LogP contribution in [0.4, 0.5) is 0 Å². The van der Waals surface area contributed by atoms with Gasteiger partial charge in [0.25, 0.3) is 0 Å². The summed E-state index contributed by atoms with van der Waals surface area (Å²) in [7, 11) is 5.92. The van der Waals surface area contributed by atoms with Crippen molar-refractivity contribution in [1.82, 2.24) is 0 Å². The summed E-state index contributed by atoms with van der Waals surface area (Å²) in [5.41, 5.74) is 0. The maximum Gasteiger partial charge on any atom is 0.306 e. The number of carbonyl (C=O) groups excluding carboxylic acids is 3. The third kappa shape index (κ3) is 42.2. The lowest BCUT2D eigenvalue weighted by molar-refractivity contribution is -0.870. The lowest BCUT2D eigenvalue weighted by Crippen LogP contribution is -2.44. The van der Waals surface area contributed by atoms with Gasteiger partial charge >= 0.3 is 11.9 Å². The second kappa shape index (κ2) is 41.0. The van der Waals surface area contributed by atoms with Crippen LogP contribution in [0.25, 0.3) is 0 Å². The molecule has 0 fully saturated rings. The Morgan fingerprint density at radius 1 is 0.456 bits per heavy atom. The molecule has 0 radical (unpaired) electrons. The predicted octanol–water partition coefficient (Wildman–Crippen LogP) is 11.6. The first-order valence-electron chi connectivity index (χ1n) is 24.2. The van der Waals surface area contributed by atoms with Gasteiger partial charge in [-0.1, -0.05) is 206 Å². The van der Waals surface area contributed by atoms with Gasteiger partial charge in [-0.15, -0.1) is 0 Å². The van der Waals surface area contributed by atoms with E-state index < -0.39 is 24.3 Å². The number of rotatable bonds is 45. The van der Waals surface area contributed by atoms with Crippen LogP contribution < -0.4 is 5.11 Å². The lowest BCUT2D eigenvalue weighted by Gasteiger charge is -2.26. The monoisotopic (exact) mass is 812 g/mol. The average molecular weight is 812 g/mol. The Morgan fingerprint density at radius 2 is 0.789 bits per heavy atom. The highest BCUT2D eigenvalue weighted by Gasteiger charge is 2.22. The lowest BCUT2D eigenvalue weighted by atomic mass is 10.0. The molecule has 0 aliphatic carbocycles. The summed E-state index contributed by atoms with van der Waals surface area (Å²) in [5.74, 6) is -2.27. The molecule has 0 saturated heterocycles. The predicted molar refractivity (Wildman–Crippen MR) is 233 cm³/mol. The Hall–Kier alpha value is -1.71. The Labute approximate surface area is 352 Å². The summed E-state index contributed by atoms with van der Waals surface area (Å²) >= 11 is 0. The third-order valence-corrected chi connectivity index (χ3v) is 10.9. The number of carboxylic acid groups (broad SMARTS) is 1. The van der Waals surface area contributed by atoms with E-state index in [1.807, 2.05) is 21.1 Å². The molecular weight excluding hydrogens is 719 g/mol. The molecule has 9 heteroatoms. The van der Waals surface area contributed by atoms with Crippen molar-refractivity contribution in [2.45, 2.75) is 245 Å². The molecule has 338 valence electrons. The van der Waals surface area contributed by atoms with Crippen LogP contribution >= 0.6 is 0 Å². The molecule has 57 heavy (non-hydrogen) atoms. The molecule has 0 N–H and O–H groups in total. The summed E-state index contributed by atoms with van der Waals surface area (Å²) in [6.45, 7) is 4.75. The van der Waals surface area contributed by atoms with Gasteiger partial charge in [-0.2, -0.15) is 0 Å². The van der Waals surface area contributed by atoms with E-state index in [9.17, 15) is 19.5 Å². The fraction of sp³-hybridized carbons (Fsp3) is 0.938. The van der Waals surface area contributed by atoms with Crippen molar-refractivity contribution in [3.63, 3.8) is 0 Å². The molecular formula is C48H93NO8. The van der Waals surface area contributed by atoms with E-state index >= 15 is 0 Å². The fourth-order valence-corrected chi connectivity index (χ4v) is 7.07. The number of esters is 2. The summed E-state index contributed by atoms with van der Waals surface area (Å²) in [6.07, 6.45) is 38.7. The number of likely N-dealkylation sites (N-methyl/N-ethyl adjacent to an activating group) is 1. The molecule has 0 aliphatic heterocycles. The van der Waals surface area contributed by atoms with Crippen LogP contribution in [0, 0.1) is 0 Å². The number of hydrogen-bond acceptors (Lipinski definition) is 8. The quantitative estimate of drug-likeness (QED) is 0.0259. The first-order chi connectivity index (χ1) is 27.6. The number of unbranched alkanes of at least 4 members (excludes halogenated alkanes) is 30. The highest BCUT2D eigenvalue weighted by Crippen LogP contribution is 2.17. The smallest absolute Gasteiger partial charge is 0.306 e. The minimum Gasteiger partial charge on any atom is -0.545 e. The molecule has 0 aromatic carbocycles. The fourth-order valence-electron chi connectivity index (χ4n) is 7.07. The number of nitrogens with zero attached hydrogens (tertiary/aromatic N) is 1. The van der Waals surface area contributed by atoms with Crippen molar-refractivity contribution in [3.8, 4) is 0 Å². The second-order valence-electron chi connectivity index (χ2n) is 17.8. The van der Waals surface area contributed by atoms with Gasteiger partial charge in [0.1, 0.15) is 13.2 Å². The first-order valence-corrected chi connectivity index (χ1v) is 24.2. The van der Waals surface area contributed by atoms with Crippen LogP contribution in [0.15, 0.2) is 0 Å². The molecule has 0 saturated carbocycles. The normalized spacial score (nSPS) is 12.8. The van der Waals surface area contributed by atoms with E-state index in [2.05, 4.69) is 13.8 Å². The van der Waals surface area contributed by atoms with Crippen LogP contribution in [-0.2, 0) is 33.3 Å². The van der Waals surface area contributed by atoms with Gasteiger partial charge in [0.2, 0.25) is 0 Å². The van der Waals surface area contributed by atoms with Gasteiger partial charge in [-0.3, -0.25) is 9.59 Å². The number of hydrogen-bond donors (Lipinski definition) is 0. The van der Waals surface area contributed by atoms with Gasteiger partial charge in [0.15, 0.2) is 12.4 Å². The van der Waals surface area contributed by atoms with Gasteiger partial charge in [0.05, 0.1) is 40.3 Å². The number of carbonyl (C=O) groups is 3. The molecule has 2 unspecified atom stereocenters. The Balaban J connectivity index is 4.19. The molecule has 0 rings (SSSR count). The van der Waals surface area contributed by atoms with Crippen LogP contribution in [0.2, 0.25) is 0 Å². The highest BCUT2D eigenvalue weighted by atomic mass is 16.7. The minimum atomic E-state index is -1.61. The summed E-state index contributed by atoms with van der Waals surface area (Å²) in [4.78, 5) is 36.9. The Bertz CT molecular complexity index is 907. The average Bonchev–Trinajstić information content (AvgIpc) is 3.17. The molecule has 0 spiro atoms. The summed E-state index contributed by atoms with van der Waals surface area (Å²) in [6, 6.07) is 0. The Kier molecular flexibility index (Phi) is 39.8. The zero-order valence-electron chi connectivity index (χ0n) is 38.2. The number of carboxylic acids is 1. The third-order valence-electron chi connectivity index (χ3n) is 10.9. The molecule has 0 amide bonds. The van der Waals surface area contributed by atoms with Crippen LogP contribution in [0.5, 0.6) is 0 Å². The van der Waals surface area contributed by atoms with E-state index in [1.165, 1.54) is 167 Å². The maximum absolute atomic E-state index is 12.8. The molecule has 2 atom stereocenters. The molecule has 9 nitrogen and oxygen atoms in total.